The fourth-order valence-electron chi connectivity index (χ4n) is 1.58. The molecule has 1 aromatic heterocycles. The number of benzene rings is 1. The molecule has 0 amide bonds. The van der Waals surface area contributed by atoms with E-state index in [1.54, 1.807) is 23.5 Å². The third-order valence-corrected chi connectivity index (χ3v) is 3.47. The topological polar surface area (TPSA) is 46.2 Å². The maximum atomic E-state index is 9.54. The molecule has 0 unspecified atom stereocenters. The molecule has 0 bridgehead atoms. The molecule has 2 rings (SSSR count). The first-order valence-electron chi connectivity index (χ1n) is 4.87. The predicted molar refractivity (Wildman–Crippen MR) is 65.2 cm³/mol. The molecule has 3 heteroatoms. The van der Waals surface area contributed by atoms with Gasteiger partial charge in [-0.25, -0.2) is 0 Å². The number of aromatic hydroxyl groups is 1. The van der Waals surface area contributed by atoms with Crippen molar-refractivity contribution in [3.05, 3.63) is 34.5 Å². The minimum Gasteiger partial charge on any atom is -0.506 e. The Morgan fingerprint density at radius 2 is 2.13 bits per heavy atom. The van der Waals surface area contributed by atoms with Crippen LogP contribution in [0.1, 0.15) is 11.8 Å². The van der Waals surface area contributed by atoms with Crippen LogP contribution in [-0.2, 0) is 6.42 Å². The van der Waals surface area contributed by atoms with Crippen molar-refractivity contribution in [2.75, 3.05) is 5.73 Å². The Balaban J connectivity index is 2.50. The van der Waals surface area contributed by atoms with Gasteiger partial charge in [-0.3, -0.25) is 0 Å². The number of nitrogen functional groups attached to an aromatic ring is 1. The monoisotopic (exact) mass is 219 g/mol. The Morgan fingerprint density at radius 3 is 2.80 bits per heavy atom. The van der Waals surface area contributed by atoms with E-state index in [9.17, 15) is 5.11 Å². The SMILES string of the molecule is CCc1sccc1-c1ccc(N)c(O)c1. The van der Waals surface area contributed by atoms with Crippen molar-refractivity contribution in [3.8, 4) is 16.9 Å². The van der Waals surface area contributed by atoms with E-state index in [2.05, 4.69) is 18.4 Å². The van der Waals surface area contributed by atoms with Crippen LogP contribution in [0.5, 0.6) is 5.75 Å². The Morgan fingerprint density at radius 1 is 1.33 bits per heavy atom. The molecule has 0 saturated carbocycles. The van der Waals surface area contributed by atoms with Gasteiger partial charge >= 0.3 is 0 Å². The lowest BCUT2D eigenvalue weighted by Crippen LogP contribution is -1.86. The lowest BCUT2D eigenvalue weighted by molar-refractivity contribution is 0.478. The van der Waals surface area contributed by atoms with Gasteiger partial charge in [0.2, 0.25) is 0 Å². The highest BCUT2D eigenvalue weighted by molar-refractivity contribution is 7.10. The second kappa shape index (κ2) is 3.95. The highest BCUT2D eigenvalue weighted by Crippen LogP contribution is 2.32. The van der Waals surface area contributed by atoms with Crippen LogP contribution in [0.4, 0.5) is 5.69 Å². The van der Waals surface area contributed by atoms with Crippen LogP contribution in [0.25, 0.3) is 11.1 Å². The summed E-state index contributed by atoms with van der Waals surface area (Å²) in [5, 5.41) is 11.6. The van der Waals surface area contributed by atoms with Gasteiger partial charge in [-0.15, -0.1) is 11.3 Å². The zero-order chi connectivity index (χ0) is 10.8. The van der Waals surface area contributed by atoms with Crippen molar-refractivity contribution in [1.82, 2.24) is 0 Å². The summed E-state index contributed by atoms with van der Waals surface area (Å²) in [5.74, 6) is 0.153. The first-order valence-corrected chi connectivity index (χ1v) is 5.75. The number of anilines is 1. The van der Waals surface area contributed by atoms with Gasteiger partial charge in [0.05, 0.1) is 5.69 Å². The maximum absolute atomic E-state index is 9.54. The van der Waals surface area contributed by atoms with Gasteiger partial charge in [-0.2, -0.15) is 0 Å². The molecule has 2 aromatic rings. The number of rotatable bonds is 2. The number of nitrogens with two attached hydrogens (primary N) is 1. The molecule has 78 valence electrons. The van der Waals surface area contributed by atoms with E-state index < -0.39 is 0 Å². The number of hydrogen-bond donors (Lipinski definition) is 2. The minimum atomic E-state index is 0.153. The molecule has 0 fully saturated rings. The fraction of sp³-hybridized carbons (Fsp3) is 0.167. The summed E-state index contributed by atoms with van der Waals surface area (Å²) in [6, 6.07) is 7.48. The first kappa shape index (κ1) is 10.1. The number of phenolic OH excluding ortho intramolecular Hbond substituents is 1. The highest BCUT2D eigenvalue weighted by Gasteiger charge is 2.06. The number of thiophene rings is 1. The number of aryl methyl sites for hydroxylation is 1. The molecule has 0 radical (unpaired) electrons. The van der Waals surface area contributed by atoms with Gasteiger partial charge in [0.25, 0.3) is 0 Å². The molecule has 0 spiro atoms. The maximum Gasteiger partial charge on any atom is 0.139 e. The largest absolute Gasteiger partial charge is 0.506 e. The van der Waals surface area contributed by atoms with Crippen molar-refractivity contribution >= 4 is 17.0 Å². The summed E-state index contributed by atoms with van der Waals surface area (Å²) in [6.07, 6.45) is 1.01. The molecule has 1 heterocycles. The van der Waals surface area contributed by atoms with Crippen molar-refractivity contribution in [2.24, 2.45) is 0 Å². The van der Waals surface area contributed by atoms with Crippen LogP contribution in [0.3, 0.4) is 0 Å². The second-order valence-electron chi connectivity index (χ2n) is 3.38. The molecule has 15 heavy (non-hydrogen) atoms. The third-order valence-electron chi connectivity index (χ3n) is 2.41. The van der Waals surface area contributed by atoms with E-state index in [1.165, 1.54) is 10.4 Å². The summed E-state index contributed by atoms with van der Waals surface area (Å²) >= 11 is 1.74. The van der Waals surface area contributed by atoms with E-state index in [0.717, 1.165) is 12.0 Å². The lowest BCUT2D eigenvalue weighted by Gasteiger charge is -2.04. The van der Waals surface area contributed by atoms with Crippen LogP contribution in [0, 0.1) is 0 Å². The Hall–Kier alpha value is -1.48. The van der Waals surface area contributed by atoms with Crippen LogP contribution < -0.4 is 5.73 Å². The molecule has 0 aliphatic heterocycles. The first-order chi connectivity index (χ1) is 7.22. The van der Waals surface area contributed by atoms with Gasteiger partial charge in [0, 0.05) is 4.88 Å². The van der Waals surface area contributed by atoms with Crippen LogP contribution in [-0.4, -0.2) is 5.11 Å². The zero-order valence-electron chi connectivity index (χ0n) is 8.53. The van der Waals surface area contributed by atoms with E-state index >= 15 is 0 Å². The van der Waals surface area contributed by atoms with Crippen LogP contribution in [0.15, 0.2) is 29.6 Å². The smallest absolute Gasteiger partial charge is 0.139 e. The molecule has 0 aliphatic carbocycles. The molecular formula is C12H13NOS. The number of phenols is 1. The molecule has 0 saturated heterocycles. The Bertz CT molecular complexity index is 476. The number of hydrogen-bond acceptors (Lipinski definition) is 3. The zero-order valence-corrected chi connectivity index (χ0v) is 9.34. The van der Waals surface area contributed by atoms with Gasteiger partial charge < -0.3 is 10.8 Å². The average Bonchev–Trinajstić information content (AvgIpc) is 2.70. The molecule has 0 atom stereocenters. The summed E-state index contributed by atoms with van der Waals surface area (Å²) in [4.78, 5) is 1.33. The van der Waals surface area contributed by atoms with Crippen molar-refractivity contribution < 1.29 is 5.11 Å². The van der Waals surface area contributed by atoms with Gasteiger partial charge in [-0.05, 0) is 41.1 Å². The second-order valence-corrected chi connectivity index (χ2v) is 4.39. The molecular weight excluding hydrogens is 206 g/mol. The van der Waals surface area contributed by atoms with E-state index in [1.807, 2.05) is 6.07 Å². The molecule has 0 aliphatic rings. The Labute approximate surface area is 93.0 Å². The van der Waals surface area contributed by atoms with Crippen molar-refractivity contribution in [1.29, 1.82) is 0 Å². The standard InChI is InChI=1S/C12H13NOS/c1-2-12-9(5-6-15-12)8-3-4-10(13)11(14)7-8/h3-7,14H,2,13H2,1H3. The van der Waals surface area contributed by atoms with Gasteiger partial charge in [-0.1, -0.05) is 13.0 Å². The predicted octanol–water partition coefficient (Wildman–Crippen LogP) is 3.27. The van der Waals surface area contributed by atoms with Crippen LogP contribution >= 0.6 is 11.3 Å². The van der Waals surface area contributed by atoms with Crippen molar-refractivity contribution in [3.63, 3.8) is 0 Å². The minimum absolute atomic E-state index is 0.153. The summed E-state index contributed by atoms with van der Waals surface area (Å²) in [5.41, 5.74) is 8.21. The highest BCUT2D eigenvalue weighted by atomic mass is 32.1. The summed E-state index contributed by atoms with van der Waals surface area (Å²) in [6.45, 7) is 2.13. The normalized spacial score (nSPS) is 10.5. The summed E-state index contributed by atoms with van der Waals surface area (Å²) in [7, 11) is 0. The average molecular weight is 219 g/mol. The van der Waals surface area contributed by atoms with Crippen LogP contribution in [0.2, 0.25) is 0 Å². The molecule has 2 nitrogen and oxygen atoms in total. The molecule has 1 aromatic carbocycles. The van der Waals surface area contributed by atoms with Crippen molar-refractivity contribution in [2.45, 2.75) is 13.3 Å². The Kier molecular flexibility index (Phi) is 2.64. The van der Waals surface area contributed by atoms with E-state index in [0.29, 0.717) is 5.69 Å². The lowest BCUT2D eigenvalue weighted by atomic mass is 10.0. The van der Waals surface area contributed by atoms with E-state index in [4.69, 9.17) is 5.73 Å². The quantitative estimate of drug-likeness (QED) is 0.601. The van der Waals surface area contributed by atoms with Gasteiger partial charge in [0.15, 0.2) is 0 Å². The van der Waals surface area contributed by atoms with Gasteiger partial charge in [0.1, 0.15) is 5.75 Å². The van der Waals surface area contributed by atoms with E-state index in [-0.39, 0.29) is 5.75 Å². The third kappa shape index (κ3) is 1.83. The fourth-order valence-corrected chi connectivity index (χ4v) is 2.43. The summed E-state index contributed by atoms with van der Waals surface area (Å²) < 4.78 is 0. The molecule has 3 N–H and O–H groups in total.